The summed E-state index contributed by atoms with van der Waals surface area (Å²) in [5.41, 5.74) is 1.49. The van der Waals surface area contributed by atoms with E-state index in [1.165, 1.54) is 44.1 Å². The molecule has 0 saturated heterocycles. The first-order valence-electron chi connectivity index (χ1n) is 8.99. The summed E-state index contributed by atoms with van der Waals surface area (Å²) in [6.45, 7) is 8.14. The highest BCUT2D eigenvalue weighted by molar-refractivity contribution is 5.20. The van der Waals surface area contributed by atoms with Gasteiger partial charge in [0.25, 0.3) is 0 Å². The molecule has 0 amide bonds. The lowest BCUT2D eigenvalue weighted by Gasteiger charge is -2.31. The van der Waals surface area contributed by atoms with E-state index in [0.29, 0.717) is 11.8 Å². The van der Waals surface area contributed by atoms with E-state index in [2.05, 4.69) is 56.4 Å². The van der Waals surface area contributed by atoms with Crippen LogP contribution in [0.2, 0.25) is 0 Å². The molecule has 1 fully saturated rings. The second-order valence-corrected chi connectivity index (χ2v) is 7.18. The van der Waals surface area contributed by atoms with E-state index in [1.54, 1.807) is 0 Å². The van der Waals surface area contributed by atoms with Gasteiger partial charge in [-0.25, -0.2) is 0 Å². The molecule has 1 aromatic rings. The summed E-state index contributed by atoms with van der Waals surface area (Å²) in [6, 6.07) is 11.8. The van der Waals surface area contributed by atoms with Crippen molar-refractivity contribution in [2.75, 3.05) is 6.54 Å². The maximum Gasteiger partial charge on any atom is 0.00675 e. The van der Waals surface area contributed by atoms with Gasteiger partial charge in [-0.15, -0.1) is 0 Å². The van der Waals surface area contributed by atoms with Gasteiger partial charge in [-0.05, 0) is 49.0 Å². The Bertz CT molecular complexity index is 376. The van der Waals surface area contributed by atoms with Gasteiger partial charge in [-0.2, -0.15) is 0 Å². The lowest BCUT2D eigenvalue weighted by Crippen LogP contribution is -2.36. The van der Waals surface area contributed by atoms with Crippen LogP contribution in [0.4, 0.5) is 0 Å². The highest BCUT2D eigenvalue weighted by Crippen LogP contribution is 2.29. The summed E-state index contributed by atoms with van der Waals surface area (Å²) in [6.07, 6.45) is 8.42. The van der Waals surface area contributed by atoms with Crippen LogP contribution in [-0.2, 0) is 0 Å². The minimum Gasteiger partial charge on any atom is -0.313 e. The normalized spacial score (nSPS) is 24.2. The Morgan fingerprint density at radius 1 is 1.05 bits per heavy atom. The van der Waals surface area contributed by atoms with Crippen molar-refractivity contribution in [3.05, 3.63) is 35.9 Å². The van der Waals surface area contributed by atoms with Crippen molar-refractivity contribution in [1.82, 2.24) is 5.32 Å². The van der Waals surface area contributed by atoms with Gasteiger partial charge < -0.3 is 5.32 Å². The van der Waals surface area contributed by atoms with Crippen LogP contribution in [0, 0.1) is 11.8 Å². The Kier molecular flexibility index (Phi) is 6.76. The molecule has 0 heterocycles. The van der Waals surface area contributed by atoms with Gasteiger partial charge in [0.2, 0.25) is 0 Å². The zero-order chi connectivity index (χ0) is 15.1. The number of rotatable bonds is 7. The Morgan fingerprint density at radius 3 is 2.29 bits per heavy atom. The summed E-state index contributed by atoms with van der Waals surface area (Å²) in [7, 11) is 0. The molecule has 1 aromatic carbocycles. The third-order valence-electron chi connectivity index (χ3n) is 5.20. The molecule has 118 valence electrons. The average Bonchev–Trinajstić information content (AvgIpc) is 2.50. The van der Waals surface area contributed by atoms with E-state index >= 15 is 0 Å². The molecule has 1 N–H and O–H groups in total. The van der Waals surface area contributed by atoms with Crippen molar-refractivity contribution in [3.63, 3.8) is 0 Å². The fraction of sp³-hybridized carbons (Fsp3) is 0.700. The van der Waals surface area contributed by atoms with Crippen LogP contribution in [0.3, 0.4) is 0 Å². The molecule has 1 aliphatic rings. The predicted octanol–water partition coefficient (Wildman–Crippen LogP) is 5.37. The quantitative estimate of drug-likeness (QED) is 0.710. The molecule has 0 spiro atoms. The van der Waals surface area contributed by atoms with Crippen molar-refractivity contribution in [3.8, 4) is 0 Å². The lowest BCUT2D eigenvalue weighted by atomic mass is 9.83. The molecule has 1 unspecified atom stereocenters. The largest absolute Gasteiger partial charge is 0.313 e. The van der Waals surface area contributed by atoms with Crippen molar-refractivity contribution >= 4 is 0 Å². The van der Waals surface area contributed by atoms with E-state index in [1.807, 2.05) is 0 Å². The van der Waals surface area contributed by atoms with Crippen molar-refractivity contribution < 1.29 is 0 Å². The van der Waals surface area contributed by atoms with Gasteiger partial charge in [0.05, 0.1) is 0 Å². The maximum absolute atomic E-state index is 3.86. The molecule has 1 aliphatic carbocycles. The molecule has 0 radical (unpaired) electrons. The average molecular weight is 287 g/mol. The zero-order valence-electron chi connectivity index (χ0n) is 14.1. The predicted molar refractivity (Wildman–Crippen MR) is 92.7 cm³/mol. The van der Waals surface area contributed by atoms with Crippen LogP contribution in [0.5, 0.6) is 0 Å². The maximum atomic E-state index is 3.86. The van der Waals surface area contributed by atoms with E-state index in [4.69, 9.17) is 0 Å². The van der Waals surface area contributed by atoms with Gasteiger partial charge >= 0.3 is 0 Å². The number of nitrogens with one attached hydrogen (secondary N) is 1. The van der Waals surface area contributed by atoms with E-state index in [-0.39, 0.29) is 0 Å². The minimum absolute atomic E-state index is 0.638. The smallest absolute Gasteiger partial charge is 0.00675 e. The first kappa shape index (κ1) is 16.5. The summed E-state index contributed by atoms with van der Waals surface area (Å²) in [4.78, 5) is 0. The van der Waals surface area contributed by atoms with Gasteiger partial charge in [0.15, 0.2) is 0 Å². The van der Waals surface area contributed by atoms with E-state index in [0.717, 1.165) is 18.5 Å². The van der Waals surface area contributed by atoms with E-state index < -0.39 is 0 Å². The molecule has 1 saturated carbocycles. The number of benzene rings is 1. The van der Waals surface area contributed by atoms with Crippen molar-refractivity contribution in [1.29, 1.82) is 0 Å². The topological polar surface area (TPSA) is 12.0 Å². The Labute approximate surface area is 131 Å². The Hall–Kier alpha value is -0.820. The standard InChI is InChI=1S/C20H33N/c1-4-8-17-11-13-19(14-12-17)21-15-20(16(2)3)18-9-6-5-7-10-18/h5-7,9-10,16-17,19-21H,4,8,11-15H2,1-3H3. The SMILES string of the molecule is CCCC1CCC(NCC(c2ccccc2)C(C)C)CC1. The first-order chi connectivity index (χ1) is 10.2. The van der Waals surface area contributed by atoms with Crippen LogP contribution in [0.1, 0.15) is 70.8 Å². The second-order valence-electron chi connectivity index (χ2n) is 7.18. The lowest BCUT2D eigenvalue weighted by molar-refractivity contribution is 0.271. The van der Waals surface area contributed by atoms with E-state index in [9.17, 15) is 0 Å². The zero-order valence-corrected chi connectivity index (χ0v) is 14.1. The second kappa shape index (κ2) is 8.58. The van der Waals surface area contributed by atoms with Gasteiger partial charge in [0, 0.05) is 12.6 Å². The van der Waals surface area contributed by atoms with Crippen molar-refractivity contribution in [2.24, 2.45) is 11.8 Å². The first-order valence-corrected chi connectivity index (χ1v) is 8.99. The fourth-order valence-electron chi connectivity index (χ4n) is 3.80. The molecule has 21 heavy (non-hydrogen) atoms. The van der Waals surface area contributed by atoms with Crippen LogP contribution in [0.15, 0.2) is 30.3 Å². The molecule has 1 nitrogen and oxygen atoms in total. The summed E-state index contributed by atoms with van der Waals surface area (Å²) >= 11 is 0. The van der Waals surface area contributed by atoms with Crippen LogP contribution < -0.4 is 5.32 Å². The monoisotopic (exact) mass is 287 g/mol. The van der Waals surface area contributed by atoms with Crippen LogP contribution in [-0.4, -0.2) is 12.6 Å². The van der Waals surface area contributed by atoms with Gasteiger partial charge in [-0.3, -0.25) is 0 Å². The number of hydrogen-bond donors (Lipinski definition) is 1. The number of hydrogen-bond acceptors (Lipinski definition) is 1. The molecular weight excluding hydrogens is 254 g/mol. The molecule has 1 atom stereocenters. The molecule has 2 rings (SSSR count). The summed E-state index contributed by atoms with van der Waals surface area (Å²) in [5, 5.41) is 3.86. The van der Waals surface area contributed by atoms with Crippen LogP contribution >= 0.6 is 0 Å². The Morgan fingerprint density at radius 2 is 1.71 bits per heavy atom. The third-order valence-corrected chi connectivity index (χ3v) is 5.20. The fourth-order valence-corrected chi connectivity index (χ4v) is 3.80. The Balaban J connectivity index is 1.81. The van der Waals surface area contributed by atoms with Crippen molar-refractivity contribution in [2.45, 2.75) is 71.3 Å². The van der Waals surface area contributed by atoms with Crippen LogP contribution in [0.25, 0.3) is 0 Å². The highest BCUT2D eigenvalue weighted by atomic mass is 14.9. The highest BCUT2D eigenvalue weighted by Gasteiger charge is 2.22. The third kappa shape index (κ3) is 5.14. The summed E-state index contributed by atoms with van der Waals surface area (Å²) < 4.78 is 0. The van der Waals surface area contributed by atoms with Gasteiger partial charge in [-0.1, -0.05) is 63.9 Å². The molecular formula is C20H33N. The molecule has 0 aliphatic heterocycles. The van der Waals surface area contributed by atoms with Gasteiger partial charge in [0.1, 0.15) is 0 Å². The molecule has 1 heteroatoms. The molecule has 0 bridgehead atoms. The minimum atomic E-state index is 0.638. The summed E-state index contributed by atoms with van der Waals surface area (Å²) in [5.74, 6) is 2.33. The molecule has 0 aromatic heterocycles.